The highest BCUT2D eigenvalue weighted by atomic mass is 79.9. The maximum absolute atomic E-state index is 11.9. The Kier molecular flexibility index (Phi) is 7.71. The fourth-order valence-corrected chi connectivity index (χ4v) is 3.06. The molecule has 0 atom stereocenters. The topological polar surface area (TPSA) is 55.4 Å². The first-order valence-electron chi connectivity index (χ1n) is 5.42. The molecule has 0 spiro atoms. The van der Waals surface area contributed by atoms with Crippen LogP contribution < -0.4 is 5.32 Å². The minimum atomic E-state index is -0.491. The van der Waals surface area contributed by atoms with Crippen LogP contribution in [0, 0.1) is 0 Å². The number of halogens is 4. The van der Waals surface area contributed by atoms with E-state index in [1.165, 1.54) is 7.11 Å². The monoisotopic (exact) mass is 533 g/mol. The molecule has 0 aliphatic carbocycles. The van der Waals surface area contributed by atoms with Crippen molar-refractivity contribution in [3.8, 4) is 0 Å². The normalized spacial score (nSPS) is 10.8. The van der Waals surface area contributed by atoms with E-state index in [4.69, 9.17) is 0 Å². The first kappa shape index (κ1) is 18.1. The highest BCUT2D eigenvalue weighted by molar-refractivity contribution is 9.24. The number of amides is 1. The van der Waals surface area contributed by atoms with Crippen LogP contribution in [0.4, 0.5) is 0 Å². The number of hydrogen-bond acceptors (Lipinski definition) is 3. The molecule has 8 heteroatoms. The standard InChI is InChI=1S/C12H11Br4NO3/c1-20-9(18)5-17-12(19)6-2-3-7(10(13)14)8(4-6)11(15)16/h2-4,10-11H,5H2,1H3,(H,17,19). The number of carbonyl (C=O) groups is 2. The molecule has 1 rings (SSSR count). The molecule has 0 fully saturated rings. The summed E-state index contributed by atoms with van der Waals surface area (Å²) < 4.78 is 4.36. The molecule has 0 saturated heterocycles. The van der Waals surface area contributed by atoms with Gasteiger partial charge in [-0.1, -0.05) is 69.8 Å². The van der Waals surface area contributed by atoms with Gasteiger partial charge in [0.05, 0.1) is 14.6 Å². The molecular formula is C12H11Br4NO3. The summed E-state index contributed by atoms with van der Waals surface area (Å²) in [4.78, 5) is 22.9. The van der Waals surface area contributed by atoms with E-state index in [9.17, 15) is 9.59 Å². The van der Waals surface area contributed by atoms with E-state index in [-0.39, 0.29) is 19.9 Å². The van der Waals surface area contributed by atoms with Crippen LogP contribution in [0.2, 0.25) is 0 Å². The van der Waals surface area contributed by atoms with Gasteiger partial charge >= 0.3 is 5.97 Å². The van der Waals surface area contributed by atoms with Crippen LogP contribution in [0.25, 0.3) is 0 Å². The molecule has 1 N–H and O–H groups in total. The van der Waals surface area contributed by atoms with Crippen LogP contribution in [0.3, 0.4) is 0 Å². The predicted molar refractivity (Wildman–Crippen MR) is 92.0 cm³/mol. The first-order chi connectivity index (χ1) is 9.36. The number of hydrogen-bond donors (Lipinski definition) is 1. The minimum Gasteiger partial charge on any atom is -0.468 e. The molecule has 20 heavy (non-hydrogen) atoms. The van der Waals surface area contributed by atoms with Crippen molar-refractivity contribution in [1.29, 1.82) is 0 Å². The van der Waals surface area contributed by atoms with Gasteiger partial charge in [-0.15, -0.1) is 0 Å². The highest BCUT2D eigenvalue weighted by Gasteiger charge is 2.17. The molecule has 0 radical (unpaired) electrons. The number of methoxy groups -OCH3 is 1. The van der Waals surface area contributed by atoms with Crippen LogP contribution in [-0.4, -0.2) is 25.5 Å². The second-order valence-electron chi connectivity index (χ2n) is 3.70. The predicted octanol–water partition coefficient (Wildman–Crippen LogP) is 4.17. The van der Waals surface area contributed by atoms with Gasteiger partial charge in [0.25, 0.3) is 5.91 Å². The average Bonchev–Trinajstić information content (AvgIpc) is 2.43. The van der Waals surface area contributed by atoms with E-state index in [1.807, 2.05) is 6.07 Å². The average molecular weight is 537 g/mol. The zero-order valence-corrected chi connectivity index (χ0v) is 16.7. The van der Waals surface area contributed by atoms with E-state index in [1.54, 1.807) is 12.1 Å². The molecule has 0 unspecified atom stereocenters. The van der Waals surface area contributed by atoms with Crippen molar-refractivity contribution >= 4 is 75.6 Å². The van der Waals surface area contributed by atoms with Gasteiger partial charge in [0.2, 0.25) is 0 Å². The van der Waals surface area contributed by atoms with Gasteiger partial charge in [0.15, 0.2) is 0 Å². The Balaban J connectivity index is 2.94. The third-order valence-electron chi connectivity index (χ3n) is 2.44. The Hall–Kier alpha value is 0.0800. The Morgan fingerprint density at radius 2 is 1.75 bits per heavy atom. The largest absolute Gasteiger partial charge is 0.468 e. The fourth-order valence-electron chi connectivity index (χ4n) is 1.43. The van der Waals surface area contributed by atoms with Crippen LogP contribution in [-0.2, 0) is 9.53 Å². The lowest BCUT2D eigenvalue weighted by atomic mass is 10.1. The van der Waals surface area contributed by atoms with Gasteiger partial charge in [0.1, 0.15) is 6.54 Å². The molecule has 1 aromatic rings. The Morgan fingerprint density at radius 3 is 2.25 bits per heavy atom. The zero-order chi connectivity index (χ0) is 15.3. The Morgan fingerprint density at radius 1 is 1.15 bits per heavy atom. The smallest absolute Gasteiger partial charge is 0.325 e. The van der Waals surface area contributed by atoms with E-state index in [2.05, 4.69) is 73.8 Å². The molecule has 0 aliphatic heterocycles. The third kappa shape index (κ3) is 5.13. The van der Waals surface area contributed by atoms with E-state index in [0.29, 0.717) is 5.56 Å². The zero-order valence-electron chi connectivity index (χ0n) is 10.3. The van der Waals surface area contributed by atoms with Gasteiger partial charge in [-0.05, 0) is 23.3 Å². The van der Waals surface area contributed by atoms with Crippen molar-refractivity contribution in [2.75, 3.05) is 13.7 Å². The first-order valence-corrected chi connectivity index (χ1v) is 9.08. The summed E-state index contributed by atoms with van der Waals surface area (Å²) in [5.74, 6) is -0.820. The SMILES string of the molecule is COC(=O)CNC(=O)c1ccc(C(Br)Br)c(C(Br)Br)c1. The summed E-state index contributed by atoms with van der Waals surface area (Å²) in [5.41, 5.74) is 2.37. The molecule has 0 heterocycles. The summed E-state index contributed by atoms with van der Waals surface area (Å²) in [6.45, 7) is -0.155. The number of carbonyl (C=O) groups excluding carboxylic acids is 2. The molecule has 0 bridgehead atoms. The molecule has 1 amide bonds. The van der Waals surface area contributed by atoms with Gasteiger partial charge in [-0.3, -0.25) is 9.59 Å². The maximum atomic E-state index is 11.9. The number of ether oxygens (including phenoxy) is 1. The lowest BCUT2D eigenvalue weighted by molar-refractivity contribution is -0.139. The van der Waals surface area contributed by atoms with Crippen molar-refractivity contribution in [3.63, 3.8) is 0 Å². The lowest BCUT2D eigenvalue weighted by Gasteiger charge is -2.14. The van der Waals surface area contributed by atoms with Gasteiger partial charge in [0, 0.05) is 5.56 Å². The van der Waals surface area contributed by atoms with Crippen molar-refractivity contribution in [2.24, 2.45) is 0 Å². The molecule has 4 nitrogen and oxygen atoms in total. The van der Waals surface area contributed by atoms with Crippen molar-refractivity contribution < 1.29 is 14.3 Å². The molecule has 110 valence electrons. The summed E-state index contributed by atoms with van der Waals surface area (Å²) in [6.07, 6.45) is 0. The van der Waals surface area contributed by atoms with Crippen LogP contribution >= 0.6 is 63.7 Å². The summed E-state index contributed by atoms with van der Waals surface area (Å²) in [5, 5.41) is 2.50. The van der Waals surface area contributed by atoms with Gasteiger partial charge in [-0.2, -0.15) is 0 Å². The summed E-state index contributed by atoms with van der Waals surface area (Å²) in [7, 11) is 1.27. The second-order valence-corrected chi connectivity index (χ2v) is 9.82. The van der Waals surface area contributed by atoms with E-state index < -0.39 is 5.97 Å². The van der Waals surface area contributed by atoms with Gasteiger partial charge in [-0.25, -0.2) is 0 Å². The Bertz CT molecular complexity index is 505. The second kappa shape index (κ2) is 8.51. The number of nitrogens with one attached hydrogen (secondary N) is 1. The van der Waals surface area contributed by atoms with Crippen LogP contribution in [0.5, 0.6) is 0 Å². The number of esters is 1. The lowest BCUT2D eigenvalue weighted by Crippen LogP contribution is -2.30. The number of alkyl halides is 4. The Labute approximate surface area is 150 Å². The molecule has 0 saturated carbocycles. The van der Waals surface area contributed by atoms with Crippen LogP contribution in [0.1, 0.15) is 29.0 Å². The molecule has 1 aromatic carbocycles. The minimum absolute atomic E-state index is 0.0187. The van der Waals surface area contributed by atoms with Crippen LogP contribution in [0.15, 0.2) is 18.2 Å². The maximum Gasteiger partial charge on any atom is 0.325 e. The summed E-state index contributed by atoms with van der Waals surface area (Å²) in [6, 6.07) is 5.29. The van der Waals surface area contributed by atoms with E-state index >= 15 is 0 Å². The van der Waals surface area contributed by atoms with Crippen molar-refractivity contribution in [2.45, 2.75) is 7.47 Å². The molecule has 0 aliphatic rings. The fraction of sp³-hybridized carbons (Fsp3) is 0.333. The van der Waals surface area contributed by atoms with E-state index in [0.717, 1.165) is 11.1 Å². The number of benzene rings is 1. The summed E-state index contributed by atoms with van der Waals surface area (Å²) >= 11 is 13.7. The molecular weight excluding hydrogens is 526 g/mol. The molecule has 0 aromatic heterocycles. The number of rotatable bonds is 5. The highest BCUT2D eigenvalue weighted by Crippen LogP contribution is 2.40. The third-order valence-corrected chi connectivity index (χ3v) is 4.41. The van der Waals surface area contributed by atoms with Crippen molar-refractivity contribution in [3.05, 3.63) is 34.9 Å². The van der Waals surface area contributed by atoms with Crippen molar-refractivity contribution in [1.82, 2.24) is 5.32 Å². The van der Waals surface area contributed by atoms with Gasteiger partial charge < -0.3 is 10.1 Å². The quantitative estimate of drug-likeness (QED) is 0.454.